The number of hydrogen-bond donors (Lipinski definition) is 3. The van der Waals surface area contributed by atoms with Crippen LogP contribution in [0, 0.1) is 6.92 Å². The topological polar surface area (TPSA) is 79.5 Å². The molecular weight excluding hydrogens is 418 g/mol. The van der Waals surface area contributed by atoms with E-state index in [2.05, 4.69) is 15.4 Å². The Kier molecular flexibility index (Phi) is 6.91. The third kappa shape index (κ3) is 5.49. The molecule has 8 heteroatoms. The molecule has 3 N–H and O–H groups in total. The second-order valence-corrected chi connectivity index (χ2v) is 8.54. The van der Waals surface area contributed by atoms with Crippen LogP contribution in [0.5, 0.6) is 5.75 Å². The van der Waals surface area contributed by atoms with Gasteiger partial charge in [0.05, 0.1) is 22.9 Å². The standard InChI is InChI=1S/C22H23N3O3S2/c1-3-28-21-11-7-6-10-20(21)24-22(29)23-17-12-14-18(15-13-17)30(26,27)25-19-9-5-4-8-16(19)2/h4-15,25H,3H2,1-2H3,(H2,23,24,29). The van der Waals surface area contributed by atoms with Gasteiger partial charge >= 0.3 is 0 Å². The highest BCUT2D eigenvalue weighted by molar-refractivity contribution is 7.92. The smallest absolute Gasteiger partial charge is 0.261 e. The Balaban J connectivity index is 1.67. The number of thiocarbonyl (C=S) groups is 1. The molecule has 0 saturated heterocycles. The van der Waals surface area contributed by atoms with Gasteiger partial charge in [-0.2, -0.15) is 0 Å². The summed E-state index contributed by atoms with van der Waals surface area (Å²) in [6, 6.07) is 21.1. The summed E-state index contributed by atoms with van der Waals surface area (Å²) >= 11 is 5.36. The Bertz CT molecular complexity index is 1130. The summed E-state index contributed by atoms with van der Waals surface area (Å²) in [5.41, 5.74) is 2.82. The zero-order chi connectivity index (χ0) is 21.6. The lowest BCUT2D eigenvalue weighted by atomic mass is 10.2. The van der Waals surface area contributed by atoms with Crippen molar-refractivity contribution in [2.24, 2.45) is 0 Å². The van der Waals surface area contributed by atoms with Crippen LogP contribution in [-0.4, -0.2) is 20.1 Å². The normalized spacial score (nSPS) is 10.9. The number of anilines is 3. The van der Waals surface area contributed by atoms with E-state index < -0.39 is 10.0 Å². The van der Waals surface area contributed by atoms with E-state index in [1.807, 2.05) is 50.2 Å². The summed E-state index contributed by atoms with van der Waals surface area (Å²) in [5.74, 6) is 0.702. The summed E-state index contributed by atoms with van der Waals surface area (Å²) in [5, 5.41) is 6.51. The molecule has 0 fully saturated rings. The molecule has 0 atom stereocenters. The van der Waals surface area contributed by atoms with Crippen LogP contribution in [0.2, 0.25) is 0 Å². The van der Waals surface area contributed by atoms with Crippen molar-refractivity contribution in [2.45, 2.75) is 18.7 Å². The van der Waals surface area contributed by atoms with Crippen molar-refractivity contribution in [3.05, 3.63) is 78.4 Å². The van der Waals surface area contributed by atoms with Crippen LogP contribution < -0.4 is 20.1 Å². The average molecular weight is 442 g/mol. The fourth-order valence-electron chi connectivity index (χ4n) is 2.74. The molecule has 3 rings (SSSR count). The molecule has 0 aliphatic carbocycles. The van der Waals surface area contributed by atoms with Crippen LogP contribution in [-0.2, 0) is 10.0 Å². The van der Waals surface area contributed by atoms with Gasteiger partial charge in [0.15, 0.2) is 5.11 Å². The van der Waals surface area contributed by atoms with Crippen molar-refractivity contribution < 1.29 is 13.2 Å². The van der Waals surface area contributed by atoms with Gasteiger partial charge in [0.2, 0.25) is 0 Å². The SMILES string of the molecule is CCOc1ccccc1NC(=S)Nc1ccc(S(=O)(=O)Nc2ccccc2C)cc1. The van der Waals surface area contributed by atoms with Gasteiger partial charge in [-0.15, -0.1) is 0 Å². The molecule has 0 aromatic heterocycles. The van der Waals surface area contributed by atoms with Crippen LogP contribution in [0.4, 0.5) is 17.1 Å². The molecule has 0 aliphatic rings. The van der Waals surface area contributed by atoms with E-state index in [9.17, 15) is 8.42 Å². The van der Waals surface area contributed by atoms with Gasteiger partial charge in [0.1, 0.15) is 5.75 Å². The fourth-order valence-corrected chi connectivity index (χ4v) is 4.10. The number of sulfonamides is 1. The van der Waals surface area contributed by atoms with Gasteiger partial charge in [-0.25, -0.2) is 8.42 Å². The Labute approximate surface area is 182 Å². The Morgan fingerprint density at radius 1 is 0.900 bits per heavy atom. The maximum atomic E-state index is 12.6. The van der Waals surface area contributed by atoms with Crippen LogP contribution in [0.3, 0.4) is 0 Å². The highest BCUT2D eigenvalue weighted by Gasteiger charge is 2.15. The zero-order valence-corrected chi connectivity index (χ0v) is 18.3. The lowest BCUT2D eigenvalue weighted by molar-refractivity contribution is 0.342. The number of para-hydroxylation sites is 3. The van der Waals surface area contributed by atoms with E-state index in [0.717, 1.165) is 11.3 Å². The number of ether oxygens (including phenoxy) is 1. The molecule has 0 unspecified atom stereocenters. The van der Waals surface area contributed by atoms with Crippen LogP contribution in [0.25, 0.3) is 0 Å². The minimum Gasteiger partial charge on any atom is -0.492 e. The first-order chi connectivity index (χ1) is 14.4. The van der Waals surface area contributed by atoms with Crippen molar-refractivity contribution in [3.63, 3.8) is 0 Å². The van der Waals surface area contributed by atoms with E-state index in [-0.39, 0.29) is 4.90 Å². The molecule has 0 amide bonds. The maximum absolute atomic E-state index is 12.6. The molecule has 0 bridgehead atoms. The first-order valence-corrected chi connectivity index (χ1v) is 11.3. The number of aryl methyl sites for hydroxylation is 1. The maximum Gasteiger partial charge on any atom is 0.261 e. The molecule has 156 valence electrons. The molecule has 3 aromatic rings. The van der Waals surface area contributed by atoms with E-state index in [0.29, 0.717) is 28.8 Å². The van der Waals surface area contributed by atoms with Crippen molar-refractivity contribution >= 4 is 44.4 Å². The summed E-state index contributed by atoms with van der Waals surface area (Å²) in [7, 11) is -3.68. The van der Waals surface area contributed by atoms with Crippen molar-refractivity contribution in [1.82, 2.24) is 0 Å². The van der Waals surface area contributed by atoms with E-state index in [4.69, 9.17) is 17.0 Å². The minimum atomic E-state index is -3.68. The largest absolute Gasteiger partial charge is 0.492 e. The minimum absolute atomic E-state index is 0.164. The van der Waals surface area contributed by atoms with Crippen molar-refractivity contribution in [3.8, 4) is 5.75 Å². The third-order valence-corrected chi connectivity index (χ3v) is 5.83. The molecular formula is C22H23N3O3S2. The van der Waals surface area contributed by atoms with Gasteiger partial charge in [-0.3, -0.25) is 4.72 Å². The second kappa shape index (κ2) is 9.60. The number of benzene rings is 3. The number of nitrogens with one attached hydrogen (secondary N) is 3. The lowest BCUT2D eigenvalue weighted by Crippen LogP contribution is -2.19. The van der Waals surface area contributed by atoms with Crippen LogP contribution in [0.15, 0.2) is 77.7 Å². The molecule has 0 saturated carbocycles. The quantitative estimate of drug-likeness (QED) is 0.448. The fraction of sp³-hybridized carbons (Fsp3) is 0.136. The zero-order valence-electron chi connectivity index (χ0n) is 16.7. The summed E-state index contributed by atoms with van der Waals surface area (Å²) in [4.78, 5) is 0.164. The highest BCUT2D eigenvalue weighted by Crippen LogP contribution is 2.24. The van der Waals surface area contributed by atoms with Gasteiger partial charge in [0.25, 0.3) is 10.0 Å². The second-order valence-electron chi connectivity index (χ2n) is 6.45. The highest BCUT2D eigenvalue weighted by atomic mass is 32.2. The number of rotatable bonds is 7. The van der Waals surface area contributed by atoms with E-state index in [1.54, 1.807) is 24.3 Å². The van der Waals surface area contributed by atoms with Gasteiger partial charge < -0.3 is 15.4 Å². The predicted molar refractivity (Wildman–Crippen MR) is 126 cm³/mol. The van der Waals surface area contributed by atoms with Gasteiger partial charge in [0, 0.05) is 5.69 Å². The Morgan fingerprint density at radius 2 is 1.53 bits per heavy atom. The first-order valence-electron chi connectivity index (χ1n) is 9.37. The molecule has 0 heterocycles. The first kappa shape index (κ1) is 21.6. The molecule has 3 aromatic carbocycles. The molecule has 0 spiro atoms. The van der Waals surface area contributed by atoms with Crippen LogP contribution >= 0.6 is 12.2 Å². The summed E-state index contributed by atoms with van der Waals surface area (Å²) < 4.78 is 33.5. The van der Waals surface area contributed by atoms with Gasteiger partial charge in [-0.05, 0) is 74.1 Å². The Hall–Kier alpha value is -3.10. The van der Waals surface area contributed by atoms with E-state index >= 15 is 0 Å². The average Bonchev–Trinajstić information content (AvgIpc) is 2.72. The number of hydrogen-bond acceptors (Lipinski definition) is 4. The van der Waals surface area contributed by atoms with Crippen molar-refractivity contribution in [2.75, 3.05) is 22.0 Å². The lowest BCUT2D eigenvalue weighted by Gasteiger charge is -2.14. The molecule has 0 radical (unpaired) electrons. The molecule has 6 nitrogen and oxygen atoms in total. The van der Waals surface area contributed by atoms with E-state index in [1.165, 1.54) is 12.1 Å². The monoisotopic (exact) mass is 441 g/mol. The third-order valence-electron chi connectivity index (χ3n) is 4.25. The molecule has 30 heavy (non-hydrogen) atoms. The van der Waals surface area contributed by atoms with Gasteiger partial charge in [-0.1, -0.05) is 30.3 Å². The van der Waals surface area contributed by atoms with Crippen LogP contribution in [0.1, 0.15) is 12.5 Å². The summed E-state index contributed by atoms with van der Waals surface area (Å²) in [6.07, 6.45) is 0. The summed E-state index contributed by atoms with van der Waals surface area (Å²) in [6.45, 7) is 4.31. The predicted octanol–water partition coefficient (Wildman–Crippen LogP) is 5.00. The Morgan fingerprint density at radius 3 is 2.20 bits per heavy atom. The molecule has 0 aliphatic heterocycles. The van der Waals surface area contributed by atoms with Crippen molar-refractivity contribution in [1.29, 1.82) is 0 Å².